The summed E-state index contributed by atoms with van der Waals surface area (Å²) in [7, 11) is -3.54. The van der Waals surface area contributed by atoms with Gasteiger partial charge >= 0.3 is 0 Å². The monoisotopic (exact) mass is 443 g/mol. The van der Waals surface area contributed by atoms with E-state index in [1.807, 2.05) is 30.3 Å². The Kier molecular flexibility index (Phi) is 6.65. The molecule has 0 unspecified atom stereocenters. The van der Waals surface area contributed by atoms with Crippen molar-refractivity contribution >= 4 is 26.7 Å². The Labute approximate surface area is 185 Å². The molecule has 2 fully saturated rings. The standard InChI is InChI=1S/C24H33N3O3S/c1-18-6-5-9-23(19(18)2)25-24(28)17-26-12-14-27(15-13-26)31(29,30)22-11-10-20-7-3-4-8-21(20)16-22/h3-4,7-8,10-11,16,18-19,23H,5-6,9,12-15,17H2,1-2H3,(H,25,28)/t18-,19+,23-/m1/s1. The molecule has 7 heteroatoms. The number of hydrogen-bond donors (Lipinski definition) is 1. The second-order valence-electron chi connectivity index (χ2n) is 9.13. The van der Waals surface area contributed by atoms with Crippen LogP contribution in [0.5, 0.6) is 0 Å². The van der Waals surface area contributed by atoms with Crippen LogP contribution in [-0.4, -0.2) is 62.3 Å². The number of sulfonamides is 1. The first-order valence-corrected chi connectivity index (χ1v) is 12.8. The molecule has 4 rings (SSSR count). The average molecular weight is 444 g/mol. The van der Waals surface area contributed by atoms with Crippen LogP contribution < -0.4 is 5.32 Å². The third-order valence-corrected chi connectivity index (χ3v) is 9.01. The van der Waals surface area contributed by atoms with E-state index in [4.69, 9.17) is 0 Å². The third kappa shape index (κ3) is 4.94. The summed E-state index contributed by atoms with van der Waals surface area (Å²) in [6.45, 7) is 6.76. The Morgan fingerprint density at radius 3 is 2.45 bits per heavy atom. The van der Waals surface area contributed by atoms with Gasteiger partial charge in [-0.15, -0.1) is 0 Å². The van der Waals surface area contributed by atoms with Crippen LogP contribution in [0, 0.1) is 11.8 Å². The van der Waals surface area contributed by atoms with Gasteiger partial charge in [0.2, 0.25) is 15.9 Å². The van der Waals surface area contributed by atoms with Crippen molar-refractivity contribution in [3.8, 4) is 0 Å². The van der Waals surface area contributed by atoms with Crippen molar-refractivity contribution in [2.45, 2.75) is 44.0 Å². The van der Waals surface area contributed by atoms with Crippen molar-refractivity contribution in [3.05, 3.63) is 42.5 Å². The first-order valence-electron chi connectivity index (χ1n) is 11.4. The Bertz CT molecular complexity index is 1030. The first-order chi connectivity index (χ1) is 14.8. The Morgan fingerprint density at radius 1 is 1.00 bits per heavy atom. The van der Waals surface area contributed by atoms with E-state index < -0.39 is 10.0 Å². The molecular formula is C24H33N3O3S. The molecule has 1 saturated carbocycles. The quantitative estimate of drug-likeness (QED) is 0.771. The number of nitrogens with one attached hydrogen (secondary N) is 1. The molecule has 3 atom stereocenters. The van der Waals surface area contributed by atoms with Crippen LogP contribution in [0.1, 0.15) is 33.1 Å². The zero-order valence-electron chi connectivity index (χ0n) is 18.5. The molecule has 1 aliphatic carbocycles. The van der Waals surface area contributed by atoms with Crippen LogP contribution in [0.25, 0.3) is 10.8 Å². The van der Waals surface area contributed by atoms with Gasteiger partial charge in [0.25, 0.3) is 0 Å². The molecule has 1 amide bonds. The molecule has 2 aromatic carbocycles. The number of carbonyl (C=O) groups excluding carboxylic acids is 1. The molecule has 0 spiro atoms. The minimum Gasteiger partial charge on any atom is -0.352 e. The first kappa shape index (κ1) is 22.2. The number of fused-ring (bicyclic) bond motifs is 1. The molecule has 0 aromatic heterocycles. The van der Waals surface area contributed by atoms with Gasteiger partial charge in [-0.2, -0.15) is 4.31 Å². The van der Waals surface area contributed by atoms with Gasteiger partial charge in [0.15, 0.2) is 0 Å². The number of rotatable bonds is 5. The fourth-order valence-electron chi connectivity index (χ4n) is 4.85. The number of carbonyl (C=O) groups is 1. The predicted octanol–water partition coefficient (Wildman–Crippen LogP) is 3.09. The summed E-state index contributed by atoms with van der Waals surface area (Å²) in [5, 5.41) is 5.17. The Balaban J connectivity index is 1.32. The van der Waals surface area contributed by atoms with Crippen molar-refractivity contribution in [2.75, 3.05) is 32.7 Å². The lowest BCUT2D eigenvalue weighted by atomic mass is 9.78. The van der Waals surface area contributed by atoms with E-state index in [9.17, 15) is 13.2 Å². The number of hydrogen-bond acceptors (Lipinski definition) is 4. The number of benzene rings is 2. The van der Waals surface area contributed by atoms with Crippen LogP contribution in [0.2, 0.25) is 0 Å². The highest BCUT2D eigenvalue weighted by atomic mass is 32.2. The smallest absolute Gasteiger partial charge is 0.243 e. The highest BCUT2D eigenvalue weighted by Gasteiger charge is 2.31. The molecule has 1 saturated heterocycles. The minimum absolute atomic E-state index is 0.0526. The van der Waals surface area contributed by atoms with Gasteiger partial charge in [-0.05, 0) is 41.2 Å². The van der Waals surface area contributed by atoms with Crippen molar-refractivity contribution in [1.29, 1.82) is 0 Å². The maximum atomic E-state index is 13.1. The van der Waals surface area contributed by atoms with Gasteiger partial charge < -0.3 is 5.32 Å². The van der Waals surface area contributed by atoms with E-state index in [0.717, 1.165) is 17.2 Å². The largest absolute Gasteiger partial charge is 0.352 e. The lowest BCUT2D eigenvalue weighted by Gasteiger charge is -2.36. The molecule has 2 aromatic rings. The summed E-state index contributed by atoms with van der Waals surface area (Å²) in [5.74, 6) is 1.20. The molecule has 6 nitrogen and oxygen atoms in total. The van der Waals surface area contributed by atoms with E-state index in [2.05, 4.69) is 24.1 Å². The van der Waals surface area contributed by atoms with Crippen LogP contribution >= 0.6 is 0 Å². The number of piperazine rings is 1. The fraction of sp³-hybridized carbons (Fsp3) is 0.542. The molecular weight excluding hydrogens is 410 g/mol. The zero-order valence-corrected chi connectivity index (χ0v) is 19.3. The summed E-state index contributed by atoms with van der Waals surface area (Å²) >= 11 is 0. The van der Waals surface area contributed by atoms with Crippen molar-refractivity contribution in [1.82, 2.24) is 14.5 Å². The zero-order chi connectivity index (χ0) is 22.0. The summed E-state index contributed by atoms with van der Waals surface area (Å²) in [5.41, 5.74) is 0. The van der Waals surface area contributed by atoms with Crippen LogP contribution in [0.15, 0.2) is 47.4 Å². The summed E-state index contributed by atoms with van der Waals surface area (Å²) in [6, 6.07) is 13.3. The second kappa shape index (κ2) is 9.27. The highest BCUT2D eigenvalue weighted by molar-refractivity contribution is 7.89. The maximum Gasteiger partial charge on any atom is 0.243 e. The summed E-state index contributed by atoms with van der Waals surface area (Å²) < 4.78 is 27.8. The fourth-order valence-corrected chi connectivity index (χ4v) is 6.30. The Morgan fingerprint density at radius 2 is 1.71 bits per heavy atom. The molecule has 0 bridgehead atoms. The van der Waals surface area contributed by atoms with Crippen molar-refractivity contribution < 1.29 is 13.2 Å². The molecule has 1 heterocycles. The Hall–Kier alpha value is -1.96. The second-order valence-corrected chi connectivity index (χ2v) is 11.1. The highest BCUT2D eigenvalue weighted by Crippen LogP contribution is 2.29. The molecule has 168 valence electrons. The van der Waals surface area contributed by atoms with Crippen LogP contribution in [-0.2, 0) is 14.8 Å². The van der Waals surface area contributed by atoms with E-state index in [1.165, 1.54) is 17.1 Å². The van der Waals surface area contributed by atoms with Crippen LogP contribution in [0.3, 0.4) is 0 Å². The van der Waals surface area contributed by atoms with Gasteiger partial charge in [-0.25, -0.2) is 8.42 Å². The lowest BCUT2D eigenvalue weighted by molar-refractivity contribution is -0.124. The minimum atomic E-state index is -3.54. The summed E-state index contributed by atoms with van der Waals surface area (Å²) in [4.78, 5) is 15.0. The van der Waals surface area contributed by atoms with E-state index in [1.54, 1.807) is 12.1 Å². The predicted molar refractivity (Wildman–Crippen MR) is 123 cm³/mol. The van der Waals surface area contributed by atoms with Crippen LogP contribution in [0.4, 0.5) is 0 Å². The van der Waals surface area contributed by atoms with E-state index in [-0.39, 0.29) is 11.9 Å². The van der Waals surface area contributed by atoms with Gasteiger partial charge in [0, 0.05) is 32.2 Å². The van der Waals surface area contributed by atoms with Gasteiger partial charge in [0.1, 0.15) is 0 Å². The summed E-state index contributed by atoms with van der Waals surface area (Å²) in [6.07, 6.45) is 3.46. The number of amides is 1. The molecule has 1 N–H and O–H groups in total. The average Bonchev–Trinajstić information content (AvgIpc) is 2.77. The van der Waals surface area contributed by atoms with E-state index in [0.29, 0.717) is 49.5 Å². The topological polar surface area (TPSA) is 69.7 Å². The van der Waals surface area contributed by atoms with Crippen molar-refractivity contribution in [3.63, 3.8) is 0 Å². The van der Waals surface area contributed by atoms with Gasteiger partial charge in [-0.3, -0.25) is 9.69 Å². The molecule has 0 radical (unpaired) electrons. The van der Waals surface area contributed by atoms with Gasteiger partial charge in [0.05, 0.1) is 11.4 Å². The normalized spacial score (nSPS) is 26.1. The molecule has 1 aliphatic heterocycles. The number of nitrogens with zero attached hydrogens (tertiary/aromatic N) is 2. The van der Waals surface area contributed by atoms with E-state index >= 15 is 0 Å². The van der Waals surface area contributed by atoms with Crippen molar-refractivity contribution in [2.24, 2.45) is 11.8 Å². The molecule has 31 heavy (non-hydrogen) atoms. The SMILES string of the molecule is C[C@H]1[C@H](C)CCC[C@H]1NC(=O)CN1CCN(S(=O)(=O)c2ccc3ccccc3c2)CC1. The molecule has 2 aliphatic rings. The third-order valence-electron chi connectivity index (χ3n) is 7.11. The lowest BCUT2D eigenvalue weighted by Crippen LogP contribution is -2.52. The van der Waals surface area contributed by atoms with Gasteiger partial charge in [-0.1, -0.05) is 57.0 Å². The maximum absolute atomic E-state index is 13.1.